The highest BCUT2D eigenvalue weighted by Crippen LogP contribution is 2.35. The molecule has 2 amide bonds. The van der Waals surface area contributed by atoms with Crippen molar-refractivity contribution in [2.45, 2.75) is 32.7 Å². The van der Waals surface area contributed by atoms with E-state index < -0.39 is 24.3 Å². The van der Waals surface area contributed by atoms with Gasteiger partial charge >= 0.3 is 12.0 Å². The van der Waals surface area contributed by atoms with Crippen molar-refractivity contribution in [3.05, 3.63) is 99.2 Å². The lowest BCUT2D eigenvalue weighted by Gasteiger charge is -2.28. The van der Waals surface area contributed by atoms with Gasteiger partial charge in [0, 0.05) is 21.8 Å². The number of carbonyl (C=O) groups excluding carboxylic acids is 2. The van der Waals surface area contributed by atoms with Gasteiger partial charge in [-0.05, 0) is 55.8 Å². The second-order valence-corrected chi connectivity index (χ2v) is 10.1. The zero-order chi connectivity index (χ0) is 32.3. The van der Waals surface area contributed by atoms with E-state index in [9.17, 15) is 20.0 Å². The molecule has 1 aliphatic heterocycles. The first kappa shape index (κ1) is 32.7. The zero-order valence-electron chi connectivity index (χ0n) is 24.8. The van der Waals surface area contributed by atoms with Crippen LogP contribution < -0.4 is 30.3 Å². The molecular weight excluding hydrogens is 602 g/mol. The van der Waals surface area contributed by atoms with Crippen LogP contribution in [-0.4, -0.2) is 49.9 Å². The third kappa shape index (κ3) is 8.44. The standard InChI is InChI=1S/C32H32ClN5O7/c1-4-43-27-14-20(30-29(31(40)42-3)19(2)36-32(41)37-30)9-11-26(27)45-18-28(39)38-35-16-23-13-24(33)10-12-25(23)44-17-22-8-6-5-7-21(22)15-34/h5-14,16,28,30,38-39H,4,17-18H2,1-3H3,(H2,36,37,41)/b35-16+/t28-,30-/m0/s1. The first-order valence-corrected chi connectivity index (χ1v) is 14.2. The number of nitrogens with one attached hydrogen (secondary N) is 3. The van der Waals surface area contributed by atoms with Crippen LogP contribution in [0.15, 0.2) is 77.0 Å². The van der Waals surface area contributed by atoms with Crippen LogP contribution in [0, 0.1) is 11.3 Å². The highest BCUT2D eigenvalue weighted by Gasteiger charge is 2.32. The first-order chi connectivity index (χ1) is 21.7. The van der Waals surface area contributed by atoms with E-state index in [1.54, 1.807) is 62.4 Å². The number of aliphatic hydroxyl groups is 1. The van der Waals surface area contributed by atoms with E-state index in [1.807, 2.05) is 12.1 Å². The molecule has 1 aliphatic rings. The molecule has 0 fully saturated rings. The summed E-state index contributed by atoms with van der Waals surface area (Å²) < 4.78 is 22.4. The first-order valence-electron chi connectivity index (χ1n) is 13.9. The molecular formula is C32H32ClN5O7. The Morgan fingerprint density at radius 1 is 1.13 bits per heavy atom. The molecule has 4 N–H and O–H groups in total. The van der Waals surface area contributed by atoms with E-state index >= 15 is 0 Å². The Labute approximate surface area is 265 Å². The number of rotatable bonds is 13. The number of amides is 2. The number of esters is 1. The lowest BCUT2D eigenvalue weighted by molar-refractivity contribution is -0.136. The molecule has 45 heavy (non-hydrogen) atoms. The van der Waals surface area contributed by atoms with Gasteiger partial charge in [-0.1, -0.05) is 35.9 Å². The molecule has 0 unspecified atom stereocenters. The topological polar surface area (TPSA) is 164 Å². The van der Waals surface area contributed by atoms with Gasteiger partial charge in [-0.3, -0.25) is 5.43 Å². The van der Waals surface area contributed by atoms with Crippen molar-refractivity contribution in [3.8, 4) is 23.3 Å². The molecule has 0 saturated carbocycles. The molecule has 12 nitrogen and oxygen atoms in total. The second-order valence-electron chi connectivity index (χ2n) is 9.65. The number of methoxy groups -OCH3 is 1. The Morgan fingerprint density at radius 3 is 2.67 bits per heavy atom. The Hall–Kier alpha value is -5.25. The van der Waals surface area contributed by atoms with Gasteiger partial charge in [0.05, 0.1) is 43.2 Å². The van der Waals surface area contributed by atoms with Crippen molar-refractivity contribution >= 4 is 29.8 Å². The third-order valence-electron chi connectivity index (χ3n) is 6.59. The predicted molar refractivity (Wildman–Crippen MR) is 166 cm³/mol. The molecule has 2 atom stereocenters. The maximum atomic E-state index is 12.5. The van der Waals surface area contributed by atoms with Crippen LogP contribution in [0.3, 0.4) is 0 Å². The summed E-state index contributed by atoms with van der Waals surface area (Å²) in [6.07, 6.45) is 0.240. The largest absolute Gasteiger partial charge is 0.490 e. The molecule has 13 heteroatoms. The summed E-state index contributed by atoms with van der Waals surface area (Å²) in [5, 5.41) is 29.7. The lowest BCUT2D eigenvalue weighted by atomic mass is 9.95. The van der Waals surface area contributed by atoms with Gasteiger partial charge in [-0.15, -0.1) is 0 Å². The monoisotopic (exact) mass is 633 g/mol. The summed E-state index contributed by atoms with van der Waals surface area (Å²) in [7, 11) is 1.27. The van der Waals surface area contributed by atoms with Crippen LogP contribution in [0.2, 0.25) is 5.02 Å². The number of urea groups is 1. The summed E-state index contributed by atoms with van der Waals surface area (Å²) in [6, 6.07) is 18.0. The maximum absolute atomic E-state index is 12.5. The molecule has 3 aromatic carbocycles. The second kappa shape index (κ2) is 15.5. The van der Waals surface area contributed by atoms with Crippen LogP contribution in [0.25, 0.3) is 0 Å². The minimum atomic E-state index is -1.21. The van der Waals surface area contributed by atoms with E-state index in [2.05, 4.69) is 27.2 Å². The van der Waals surface area contributed by atoms with Gasteiger partial charge in [0.15, 0.2) is 17.7 Å². The summed E-state index contributed by atoms with van der Waals surface area (Å²) in [6.45, 7) is 3.70. The highest BCUT2D eigenvalue weighted by atomic mass is 35.5. The Balaban J connectivity index is 1.41. The van der Waals surface area contributed by atoms with Gasteiger partial charge in [0.25, 0.3) is 0 Å². The fourth-order valence-corrected chi connectivity index (χ4v) is 4.66. The summed E-state index contributed by atoms with van der Waals surface area (Å²) in [5.41, 5.74) is 5.60. The molecule has 1 heterocycles. The molecule has 0 spiro atoms. The molecule has 0 aromatic heterocycles. The lowest BCUT2D eigenvalue weighted by Crippen LogP contribution is -2.45. The highest BCUT2D eigenvalue weighted by molar-refractivity contribution is 6.30. The number of ether oxygens (including phenoxy) is 4. The van der Waals surface area contributed by atoms with Gasteiger partial charge in [0.2, 0.25) is 0 Å². The van der Waals surface area contributed by atoms with Gasteiger partial charge in [-0.25, -0.2) is 9.59 Å². The average molecular weight is 634 g/mol. The number of halogens is 1. The predicted octanol–water partition coefficient (Wildman–Crippen LogP) is 4.31. The fraction of sp³-hybridized carbons (Fsp3) is 0.250. The summed E-state index contributed by atoms with van der Waals surface area (Å²) in [4.78, 5) is 24.6. The minimum Gasteiger partial charge on any atom is -0.490 e. The quantitative estimate of drug-likeness (QED) is 0.0929. The average Bonchev–Trinajstić information content (AvgIpc) is 3.03. The van der Waals surface area contributed by atoms with Gasteiger partial charge in [-0.2, -0.15) is 10.4 Å². The summed E-state index contributed by atoms with van der Waals surface area (Å²) in [5.74, 6) is 0.572. The SMILES string of the molecule is CCOc1cc([C@@H]2NC(=O)NC(C)=C2C(=O)OC)ccc1OC[C@H](O)N/N=C/c1cc(Cl)ccc1OCc1ccccc1C#N. The van der Waals surface area contributed by atoms with Crippen LogP contribution >= 0.6 is 11.6 Å². The van der Waals surface area contributed by atoms with Gasteiger partial charge < -0.3 is 34.7 Å². The van der Waals surface area contributed by atoms with E-state index in [4.69, 9.17) is 30.5 Å². The molecule has 0 saturated heterocycles. The Morgan fingerprint density at radius 2 is 1.91 bits per heavy atom. The van der Waals surface area contributed by atoms with Crippen molar-refractivity contribution < 1.29 is 33.6 Å². The molecule has 0 bridgehead atoms. The number of nitriles is 1. The van der Waals surface area contributed by atoms with Crippen LogP contribution in [0.1, 0.15) is 42.1 Å². The molecule has 3 aromatic rings. The Kier molecular flexibility index (Phi) is 11.2. The number of allylic oxidation sites excluding steroid dienone is 1. The molecule has 0 aliphatic carbocycles. The van der Waals surface area contributed by atoms with Crippen molar-refractivity contribution in [1.82, 2.24) is 16.1 Å². The number of hydrogen-bond acceptors (Lipinski definition) is 10. The Bertz CT molecular complexity index is 1650. The van der Waals surface area contributed by atoms with Crippen molar-refractivity contribution in [2.24, 2.45) is 5.10 Å². The molecule has 4 rings (SSSR count). The number of hydrazone groups is 1. The summed E-state index contributed by atoms with van der Waals surface area (Å²) >= 11 is 6.18. The maximum Gasteiger partial charge on any atom is 0.337 e. The van der Waals surface area contributed by atoms with Crippen LogP contribution in [0.4, 0.5) is 4.79 Å². The van der Waals surface area contributed by atoms with E-state index in [0.29, 0.717) is 51.3 Å². The van der Waals surface area contributed by atoms with Crippen molar-refractivity contribution in [3.63, 3.8) is 0 Å². The van der Waals surface area contributed by atoms with Crippen molar-refractivity contribution in [2.75, 3.05) is 20.3 Å². The zero-order valence-corrected chi connectivity index (χ0v) is 25.6. The van der Waals surface area contributed by atoms with E-state index in [0.717, 1.165) is 5.56 Å². The number of aliphatic hydroxyl groups excluding tert-OH is 1. The molecule has 234 valence electrons. The van der Waals surface area contributed by atoms with Gasteiger partial charge in [0.1, 0.15) is 19.0 Å². The normalized spacial score (nSPS) is 15.0. The van der Waals surface area contributed by atoms with E-state index in [1.165, 1.54) is 13.3 Å². The number of nitrogens with zero attached hydrogens (tertiary/aromatic N) is 2. The molecule has 0 radical (unpaired) electrons. The number of benzene rings is 3. The van der Waals surface area contributed by atoms with Crippen LogP contribution in [-0.2, 0) is 16.1 Å². The fourth-order valence-electron chi connectivity index (χ4n) is 4.48. The third-order valence-corrected chi connectivity index (χ3v) is 6.83. The smallest absolute Gasteiger partial charge is 0.337 e. The van der Waals surface area contributed by atoms with Crippen molar-refractivity contribution in [1.29, 1.82) is 5.26 Å². The number of hydrogen-bond donors (Lipinski definition) is 4. The number of carbonyl (C=O) groups is 2. The van der Waals surface area contributed by atoms with E-state index in [-0.39, 0.29) is 18.8 Å². The minimum absolute atomic E-state index is 0.168. The van der Waals surface area contributed by atoms with Crippen LogP contribution in [0.5, 0.6) is 17.2 Å².